The van der Waals surface area contributed by atoms with Gasteiger partial charge < -0.3 is 4.42 Å². The Morgan fingerprint density at radius 1 is 0.483 bits per heavy atom. The Kier molecular flexibility index (Phi) is 7.22. The summed E-state index contributed by atoms with van der Waals surface area (Å²) >= 11 is 0. The van der Waals surface area contributed by atoms with Crippen molar-refractivity contribution in [1.29, 1.82) is 0 Å². The van der Waals surface area contributed by atoms with E-state index in [1.165, 1.54) is 36.7 Å². The van der Waals surface area contributed by atoms with Crippen molar-refractivity contribution in [2.45, 2.75) is 52.1 Å². The first-order chi connectivity index (χ1) is 33.0. The average Bonchev–Trinajstić information content (AvgIpc) is 3.71. The maximum absolute atomic E-state index is 14.1. The predicted molar refractivity (Wildman–Crippen MR) is 234 cm³/mol. The highest BCUT2D eigenvalue weighted by molar-refractivity contribution is 6.09. The third-order valence-corrected chi connectivity index (χ3v) is 9.83. The van der Waals surface area contributed by atoms with Crippen molar-refractivity contribution >= 4 is 21.9 Å². The van der Waals surface area contributed by atoms with Crippen LogP contribution in [0.1, 0.15) is 61.0 Å². The number of aromatic nitrogens is 3. The fraction of sp³-hybridized carbons (Fsp3) is 0.151. The van der Waals surface area contributed by atoms with E-state index in [-0.39, 0.29) is 16.7 Å². The molecule has 0 amide bonds. The van der Waals surface area contributed by atoms with Gasteiger partial charge in [-0.15, -0.1) is 0 Å². The number of benzene rings is 5. The molecule has 0 radical (unpaired) electrons. The van der Waals surface area contributed by atoms with E-state index in [1.807, 2.05) is 66.7 Å². The zero-order chi connectivity index (χ0) is 50.2. The molecule has 0 saturated heterocycles. The predicted octanol–water partition coefficient (Wildman–Crippen LogP) is 12.9. The molecule has 9 aromatic rings. The van der Waals surface area contributed by atoms with Gasteiger partial charge >= 0.3 is 0 Å². The number of pyridine rings is 3. The number of nitrogens with zero attached hydrogens (tertiary/aromatic N) is 3. The molecule has 4 nitrogen and oxygen atoms in total. The van der Waals surface area contributed by atoms with Crippen LogP contribution in [0, 0.1) is 19.7 Å². The van der Waals surface area contributed by atoms with Crippen LogP contribution in [0.25, 0.3) is 55.7 Å². The van der Waals surface area contributed by atoms with Crippen LogP contribution < -0.4 is 0 Å². The lowest BCUT2D eigenvalue weighted by molar-refractivity contribution is 0.618. The molecule has 0 aliphatic carbocycles. The quantitative estimate of drug-likeness (QED) is 0.124. The molecule has 0 unspecified atom stereocenters. The minimum atomic E-state index is -3.13. The Labute approximate surface area is 356 Å². The van der Waals surface area contributed by atoms with Crippen molar-refractivity contribution in [3.63, 3.8) is 0 Å². The van der Waals surface area contributed by atoms with Gasteiger partial charge in [0.2, 0.25) is 0 Å². The van der Waals surface area contributed by atoms with Gasteiger partial charge in [-0.05, 0) is 133 Å². The second kappa shape index (κ2) is 16.4. The Morgan fingerprint density at radius 2 is 1.03 bits per heavy atom. The maximum atomic E-state index is 14.1. The van der Waals surface area contributed by atoms with E-state index in [4.69, 9.17) is 4.42 Å². The van der Waals surface area contributed by atoms with Gasteiger partial charge in [-0.3, -0.25) is 15.0 Å². The highest BCUT2D eigenvalue weighted by atomic mass is 19.1. The molecule has 0 fully saturated rings. The summed E-state index contributed by atoms with van der Waals surface area (Å²) in [6.45, 7) is 3.22. The molecule has 0 aliphatic heterocycles. The van der Waals surface area contributed by atoms with E-state index in [2.05, 4.69) is 15.0 Å². The Balaban J connectivity index is 1.15. The van der Waals surface area contributed by atoms with Crippen molar-refractivity contribution in [1.82, 2.24) is 15.0 Å². The molecule has 0 aliphatic rings. The van der Waals surface area contributed by atoms with E-state index in [1.54, 1.807) is 44.2 Å². The normalized spacial score (nSPS) is 16.0. The smallest absolute Gasteiger partial charge is 0.144 e. The van der Waals surface area contributed by atoms with Gasteiger partial charge in [-0.1, -0.05) is 97.1 Å². The third-order valence-electron chi connectivity index (χ3n) is 9.83. The van der Waals surface area contributed by atoms with Crippen LogP contribution in [0.5, 0.6) is 0 Å². The monoisotopic (exact) mass is 769 g/mol. The van der Waals surface area contributed by atoms with Gasteiger partial charge in [0.05, 0.1) is 17.1 Å². The number of rotatable bonds is 12. The summed E-state index contributed by atoms with van der Waals surface area (Å²) in [7, 11) is 0. The van der Waals surface area contributed by atoms with Gasteiger partial charge in [0.1, 0.15) is 17.0 Å². The van der Waals surface area contributed by atoms with Crippen molar-refractivity contribution in [2.75, 3.05) is 0 Å². The molecule has 5 aromatic carbocycles. The highest BCUT2D eigenvalue weighted by Gasteiger charge is 2.14. The fourth-order valence-corrected chi connectivity index (χ4v) is 6.78. The van der Waals surface area contributed by atoms with Crippen LogP contribution in [-0.4, -0.2) is 15.0 Å². The summed E-state index contributed by atoms with van der Waals surface area (Å²) in [5, 5.41) is 1.37. The molecule has 58 heavy (non-hydrogen) atoms. The second-order valence-electron chi connectivity index (χ2n) is 13.9. The van der Waals surface area contributed by atoms with Crippen molar-refractivity contribution in [2.24, 2.45) is 0 Å². The summed E-state index contributed by atoms with van der Waals surface area (Å²) in [6.07, 6.45) is -14.5. The van der Waals surface area contributed by atoms with Crippen LogP contribution in [-0.2, 0) is 38.2 Å². The summed E-state index contributed by atoms with van der Waals surface area (Å²) in [4.78, 5) is 13.4. The molecule has 5 heteroatoms. The minimum Gasteiger partial charge on any atom is -0.455 e. The molecular formula is C53H44FN3O. The lowest BCUT2D eigenvalue weighted by Crippen LogP contribution is -2.02. The minimum absolute atomic E-state index is 0.141. The highest BCUT2D eigenvalue weighted by Crippen LogP contribution is 2.35. The number of furan rings is 1. The number of aryl methyl sites for hydroxylation is 8. The average molecular weight is 770 g/mol. The number of hydrogen-bond acceptors (Lipinski definition) is 4. The first-order valence-electron chi connectivity index (χ1n) is 24.8. The number of halogens is 1. The molecule has 0 bridgehead atoms. The van der Waals surface area contributed by atoms with Gasteiger partial charge in [0.25, 0.3) is 0 Å². The SMILES string of the molecule is [2H]C([2H])(c1ccc(-c2cccc3c2oc2cc(F)ccc23)nc1)C([2H])([2H])c1cc(C([2H])([2H])C([2H])([2H])c2cnc(-c3ccccc3)cc2C)cc(C([2H])([2H])C([2H])([2H])c2cnc(-c3ccccc3)cc2C)c1. The number of hydrogen-bond donors (Lipinski definition) is 0. The molecular weight excluding hydrogens is 714 g/mol. The largest absolute Gasteiger partial charge is 0.455 e. The van der Waals surface area contributed by atoms with E-state index >= 15 is 0 Å². The first-order valence-corrected chi connectivity index (χ1v) is 18.8. The van der Waals surface area contributed by atoms with E-state index in [9.17, 15) is 20.8 Å². The van der Waals surface area contributed by atoms with Gasteiger partial charge in [0, 0.05) is 68.6 Å². The summed E-state index contributed by atoms with van der Waals surface area (Å²) in [5.41, 5.74) is 2.54. The van der Waals surface area contributed by atoms with Gasteiger partial charge in [-0.2, -0.15) is 0 Å². The van der Waals surface area contributed by atoms with Gasteiger partial charge in [0.15, 0.2) is 0 Å². The molecule has 284 valence electrons. The van der Waals surface area contributed by atoms with Crippen LogP contribution in [0.4, 0.5) is 4.39 Å². The van der Waals surface area contributed by atoms with E-state index in [0.29, 0.717) is 55.7 Å². The zero-order valence-corrected chi connectivity index (χ0v) is 31.6. The number of para-hydroxylation sites is 1. The fourth-order valence-electron chi connectivity index (χ4n) is 6.78. The van der Waals surface area contributed by atoms with Gasteiger partial charge in [-0.25, -0.2) is 4.39 Å². The number of fused-ring (bicyclic) bond motifs is 3. The first kappa shape index (κ1) is 25.5. The van der Waals surface area contributed by atoms with Crippen molar-refractivity contribution in [3.05, 3.63) is 208 Å². The van der Waals surface area contributed by atoms with Crippen molar-refractivity contribution in [3.8, 4) is 33.8 Å². The summed E-state index contributed by atoms with van der Waals surface area (Å²) in [6, 6.07) is 36.8. The molecule has 9 rings (SSSR count). The topological polar surface area (TPSA) is 51.8 Å². The van der Waals surface area contributed by atoms with E-state index in [0.717, 1.165) is 35.5 Å². The third kappa shape index (κ3) is 8.07. The van der Waals surface area contributed by atoms with Crippen LogP contribution >= 0.6 is 0 Å². The second-order valence-corrected chi connectivity index (χ2v) is 13.9. The Morgan fingerprint density at radius 3 is 1.59 bits per heavy atom. The standard InChI is InChI=1S/C53H44FN3O/c1-35-26-50(41-10-5-3-6-11-41)56-33-43(35)21-18-39-28-38(29-40(30-39)19-22-44-34-57-51(27-36(44)2)42-12-7-4-8-13-42)17-16-37-20-25-49(55-32-37)48-15-9-14-47-46-24-23-45(54)31-52(46)58-53(47)48/h3-15,20,23-34H,16-19,21-22H2,1-2H3/i16D2,17D2,18D2,19D2,21D2,22D2. The molecule has 0 N–H and O–H groups in total. The van der Waals surface area contributed by atoms with E-state index < -0.39 is 60.7 Å². The molecule has 0 spiro atoms. The molecule has 0 atom stereocenters. The summed E-state index contributed by atoms with van der Waals surface area (Å²) < 4.78 is 133. The molecule has 4 heterocycles. The van der Waals surface area contributed by atoms with Crippen molar-refractivity contribution < 1.29 is 25.3 Å². The zero-order valence-electron chi connectivity index (χ0n) is 43.6. The molecule has 0 saturated carbocycles. The Hall–Kier alpha value is -6.72. The van der Waals surface area contributed by atoms with Crippen LogP contribution in [0.15, 0.2) is 163 Å². The van der Waals surface area contributed by atoms with Crippen LogP contribution in [0.3, 0.4) is 0 Å². The molecule has 4 aromatic heterocycles. The Bertz CT molecular complexity index is 3310. The van der Waals surface area contributed by atoms with Crippen LogP contribution in [0.2, 0.25) is 0 Å². The lowest BCUT2D eigenvalue weighted by Gasteiger charge is -2.13. The maximum Gasteiger partial charge on any atom is 0.144 e. The summed E-state index contributed by atoms with van der Waals surface area (Å²) in [5.74, 6) is -0.475. The lowest BCUT2D eigenvalue weighted by atomic mass is 9.93.